The molecule has 0 aromatic carbocycles. The van der Waals surface area contributed by atoms with Crippen LogP contribution in [0.5, 0.6) is 0 Å². The first-order chi connectivity index (χ1) is 35.4. The van der Waals surface area contributed by atoms with Gasteiger partial charge in [0.05, 0.1) is 33.8 Å². The van der Waals surface area contributed by atoms with E-state index in [1.165, 1.54) is 128 Å². The van der Waals surface area contributed by atoms with Crippen LogP contribution < -0.4 is 5.32 Å². The maximum absolute atomic E-state index is 13.5. The largest absolute Gasteiger partial charge is 0.472 e. The van der Waals surface area contributed by atoms with E-state index >= 15 is 0 Å². The van der Waals surface area contributed by atoms with Gasteiger partial charge in [-0.05, 0) is 102 Å². The maximum atomic E-state index is 13.5. The molecule has 0 bridgehead atoms. The zero-order chi connectivity index (χ0) is 53.6. The van der Waals surface area contributed by atoms with Gasteiger partial charge in [-0.15, -0.1) is 0 Å². The molecule has 0 aromatic rings. The summed E-state index contributed by atoms with van der Waals surface area (Å²) in [5.74, 6) is -0.538. The van der Waals surface area contributed by atoms with Crippen molar-refractivity contribution in [3.8, 4) is 0 Å². The van der Waals surface area contributed by atoms with Crippen LogP contribution in [0.25, 0.3) is 0 Å². The fourth-order valence-corrected chi connectivity index (χ4v) is 9.12. The molecular formula is C63H116N2O7P+. The van der Waals surface area contributed by atoms with E-state index in [0.29, 0.717) is 23.9 Å². The van der Waals surface area contributed by atoms with Crippen molar-refractivity contribution in [2.45, 2.75) is 277 Å². The molecule has 3 unspecified atom stereocenters. The lowest BCUT2D eigenvalue weighted by molar-refractivity contribution is -0.870. The molecule has 0 aromatic heterocycles. The first-order valence-corrected chi connectivity index (χ1v) is 31.8. The van der Waals surface area contributed by atoms with Gasteiger partial charge in [-0.2, -0.15) is 0 Å². The summed E-state index contributed by atoms with van der Waals surface area (Å²) in [6.07, 6.45) is 67.4. The van der Waals surface area contributed by atoms with Gasteiger partial charge in [0.15, 0.2) is 0 Å². The third kappa shape index (κ3) is 54.1. The van der Waals surface area contributed by atoms with Crippen LogP contribution in [0.2, 0.25) is 0 Å². The fraction of sp³-hybridized carbons (Fsp3) is 0.778. The van der Waals surface area contributed by atoms with Gasteiger partial charge in [-0.3, -0.25) is 18.6 Å². The molecule has 424 valence electrons. The van der Waals surface area contributed by atoms with Crippen molar-refractivity contribution in [1.29, 1.82) is 0 Å². The number of carbonyl (C=O) groups excluding carboxylic acids is 2. The Labute approximate surface area is 451 Å². The number of carbonyl (C=O) groups is 2. The molecule has 3 atom stereocenters. The molecule has 0 saturated heterocycles. The number of nitrogens with zero attached hydrogens (tertiary/aromatic N) is 1. The number of quaternary nitrogens is 1. The smallest absolute Gasteiger partial charge is 0.456 e. The van der Waals surface area contributed by atoms with Crippen LogP contribution in [-0.4, -0.2) is 74.3 Å². The second-order valence-corrected chi connectivity index (χ2v) is 23.0. The number of likely N-dealkylation sites (N-methyl/N-ethyl adjacent to an activating group) is 1. The Bertz CT molecular complexity index is 1480. The first kappa shape index (κ1) is 70.5. The Kier molecular flexibility index (Phi) is 51.0. The maximum Gasteiger partial charge on any atom is 0.472 e. The summed E-state index contributed by atoms with van der Waals surface area (Å²) in [5.41, 5.74) is 0. The SMILES string of the molecule is CCCCC/C=C\C/C=C\C/C=C\CCCCCCC(=O)OC(/C=C/CCCCCCCCCCCCC)C(COP(=O)(O)OCC[N+](C)(C)C)NC(=O)CCCCCCCCC/C=C\C/C=C\CCCCC. The van der Waals surface area contributed by atoms with Gasteiger partial charge in [0, 0.05) is 12.8 Å². The molecule has 9 nitrogen and oxygen atoms in total. The van der Waals surface area contributed by atoms with Crippen molar-refractivity contribution in [3.05, 3.63) is 72.9 Å². The minimum Gasteiger partial charge on any atom is -0.456 e. The molecule has 0 radical (unpaired) electrons. The summed E-state index contributed by atoms with van der Waals surface area (Å²) in [4.78, 5) is 37.7. The van der Waals surface area contributed by atoms with Gasteiger partial charge < -0.3 is 19.4 Å². The second kappa shape index (κ2) is 52.9. The summed E-state index contributed by atoms with van der Waals surface area (Å²) >= 11 is 0. The Morgan fingerprint density at radius 1 is 0.479 bits per heavy atom. The molecule has 0 fully saturated rings. The van der Waals surface area contributed by atoms with Crippen LogP contribution in [-0.2, 0) is 27.9 Å². The third-order valence-electron chi connectivity index (χ3n) is 13.1. The quantitative estimate of drug-likeness (QED) is 0.0205. The number of unbranched alkanes of at least 4 members (excludes halogenated alkanes) is 28. The zero-order valence-corrected chi connectivity index (χ0v) is 49.3. The normalized spacial score (nSPS) is 14.2. The van der Waals surface area contributed by atoms with Gasteiger partial charge in [-0.25, -0.2) is 4.57 Å². The summed E-state index contributed by atoms with van der Waals surface area (Å²) in [6.45, 7) is 6.94. The highest BCUT2D eigenvalue weighted by molar-refractivity contribution is 7.47. The van der Waals surface area contributed by atoms with E-state index < -0.39 is 20.0 Å². The highest BCUT2D eigenvalue weighted by Crippen LogP contribution is 2.43. The van der Waals surface area contributed by atoms with Gasteiger partial charge in [0.25, 0.3) is 0 Å². The average Bonchev–Trinajstić information content (AvgIpc) is 3.35. The third-order valence-corrected chi connectivity index (χ3v) is 14.1. The molecule has 0 aliphatic rings. The topological polar surface area (TPSA) is 111 Å². The van der Waals surface area contributed by atoms with Crippen molar-refractivity contribution in [3.63, 3.8) is 0 Å². The molecule has 10 heteroatoms. The highest BCUT2D eigenvalue weighted by Gasteiger charge is 2.30. The number of allylic oxidation sites excluding steroid dienone is 11. The van der Waals surface area contributed by atoms with Crippen molar-refractivity contribution >= 4 is 19.7 Å². The van der Waals surface area contributed by atoms with Gasteiger partial charge >= 0.3 is 13.8 Å². The number of hydrogen-bond acceptors (Lipinski definition) is 6. The number of esters is 1. The zero-order valence-electron chi connectivity index (χ0n) is 48.4. The minimum atomic E-state index is -4.46. The molecule has 0 aliphatic carbocycles. The van der Waals surface area contributed by atoms with Crippen LogP contribution in [0.1, 0.15) is 265 Å². The molecule has 2 N–H and O–H groups in total. The van der Waals surface area contributed by atoms with Crippen LogP contribution in [0.3, 0.4) is 0 Å². The van der Waals surface area contributed by atoms with Crippen LogP contribution in [0, 0.1) is 0 Å². The predicted octanol–water partition coefficient (Wildman–Crippen LogP) is 18.4. The molecule has 0 heterocycles. The standard InChI is InChI=1S/C63H115N2O7P/c1-7-10-13-16-19-22-25-28-30-32-34-37-40-43-46-49-52-55-62(66)64-60(59-71-73(68,69)70-58-57-65(4,5)6)61(54-51-48-45-42-39-36-27-24-21-18-15-12-9-3)72-63(67)56-53-50-47-44-41-38-35-33-31-29-26-23-20-17-14-11-8-2/h19-20,22-23,28-31,35,38,51,54,60-61H,7-18,21,24-27,32-34,36-37,39-50,52-53,55-59H2,1-6H3,(H-,64,66,68,69)/p+1/b22-19-,23-20-,30-28-,31-29-,38-35-,54-51+. The van der Waals surface area contributed by atoms with E-state index in [4.69, 9.17) is 13.8 Å². The van der Waals surface area contributed by atoms with E-state index in [1.54, 1.807) is 0 Å². The number of phosphoric ester groups is 1. The van der Waals surface area contributed by atoms with E-state index in [9.17, 15) is 19.0 Å². The van der Waals surface area contributed by atoms with Gasteiger partial charge in [0.1, 0.15) is 19.3 Å². The van der Waals surface area contributed by atoms with E-state index in [0.717, 1.165) is 96.3 Å². The minimum absolute atomic E-state index is 0.0325. The summed E-state index contributed by atoms with van der Waals surface area (Å²) in [5, 5.41) is 3.05. The molecule has 0 aliphatic heterocycles. The molecule has 0 spiro atoms. The van der Waals surface area contributed by atoms with Crippen molar-refractivity contribution < 1.29 is 37.3 Å². The molecule has 0 saturated carbocycles. The molecule has 1 amide bonds. The average molecular weight is 1040 g/mol. The van der Waals surface area contributed by atoms with Crippen LogP contribution >= 0.6 is 7.82 Å². The lowest BCUT2D eigenvalue weighted by atomic mass is 10.0. The summed E-state index contributed by atoms with van der Waals surface area (Å²) in [7, 11) is 1.47. The Morgan fingerprint density at radius 2 is 0.836 bits per heavy atom. The highest BCUT2D eigenvalue weighted by atomic mass is 31.2. The predicted molar refractivity (Wildman–Crippen MR) is 314 cm³/mol. The number of phosphoric acid groups is 1. The number of rotatable bonds is 54. The van der Waals surface area contributed by atoms with Crippen LogP contribution in [0.15, 0.2) is 72.9 Å². The first-order valence-electron chi connectivity index (χ1n) is 30.3. The Morgan fingerprint density at radius 3 is 1.27 bits per heavy atom. The van der Waals surface area contributed by atoms with E-state index in [1.807, 2.05) is 33.3 Å². The summed E-state index contributed by atoms with van der Waals surface area (Å²) in [6, 6.07) is -0.864. The van der Waals surface area contributed by atoms with Crippen molar-refractivity contribution in [2.24, 2.45) is 0 Å². The van der Waals surface area contributed by atoms with Gasteiger partial charge in [0.2, 0.25) is 5.91 Å². The Balaban J connectivity index is 5.38. The lowest BCUT2D eigenvalue weighted by Gasteiger charge is -2.27. The van der Waals surface area contributed by atoms with E-state index in [-0.39, 0.29) is 31.5 Å². The van der Waals surface area contributed by atoms with Crippen molar-refractivity contribution in [1.82, 2.24) is 5.32 Å². The molecular weight excluding hydrogens is 928 g/mol. The fourth-order valence-electron chi connectivity index (χ4n) is 8.39. The van der Waals surface area contributed by atoms with Crippen LogP contribution in [0.4, 0.5) is 0 Å². The monoisotopic (exact) mass is 1040 g/mol. The number of nitrogens with one attached hydrogen (secondary N) is 1. The van der Waals surface area contributed by atoms with Crippen molar-refractivity contribution in [2.75, 3.05) is 40.9 Å². The second-order valence-electron chi connectivity index (χ2n) is 21.5. The molecule has 0 rings (SSSR count). The number of hydrogen-bond donors (Lipinski definition) is 2. The lowest BCUT2D eigenvalue weighted by Crippen LogP contribution is -2.47. The number of amides is 1. The Hall–Kier alpha value is -2.55. The number of ether oxygens (including phenoxy) is 1. The van der Waals surface area contributed by atoms with Gasteiger partial charge in [-0.1, -0.05) is 222 Å². The molecule has 73 heavy (non-hydrogen) atoms. The summed E-state index contributed by atoms with van der Waals surface area (Å²) < 4.78 is 30.7. The van der Waals surface area contributed by atoms with E-state index in [2.05, 4.69) is 86.8 Å².